The summed E-state index contributed by atoms with van der Waals surface area (Å²) in [6, 6.07) is 17.6. The summed E-state index contributed by atoms with van der Waals surface area (Å²) in [6.45, 7) is 2.26. The SMILES string of the molecule is Cc1cccc(OC[C@@H](O)CSc2nnc(Nc3ccccc3)s2)c1. The van der Waals surface area contributed by atoms with Gasteiger partial charge in [0.2, 0.25) is 5.13 Å². The van der Waals surface area contributed by atoms with Gasteiger partial charge < -0.3 is 15.2 Å². The molecule has 3 rings (SSSR count). The molecule has 5 nitrogen and oxygen atoms in total. The molecule has 1 heterocycles. The first-order chi connectivity index (χ1) is 12.2. The van der Waals surface area contributed by atoms with Crippen molar-refractivity contribution < 1.29 is 9.84 Å². The third-order valence-electron chi connectivity index (χ3n) is 3.26. The number of rotatable bonds is 8. The highest BCUT2D eigenvalue weighted by Crippen LogP contribution is 2.28. The van der Waals surface area contributed by atoms with Crippen LogP contribution in [0, 0.1) is 6.92 Å². The largest absolute Gasteiger partial charge is 0.491 e. The number of hydrogen-bond donors (Lipinski definition) is 2. The highest BCUT2D eigenvalue weighted by molar-refractivity contribution is 8.01. The van der Waals surface area contributed by atoms with Crippen LogP contribution >= 0.6 is 23.1 Å². The van der Waals surface area contributed by atoms with Gasteiger partial charge >= 0.3 is 0 Å². The predicted octanol–water partition coefficient (Wildman–Crippen LogP) is 4.12. The summed E-state index contributed by atoms with van der Waals surface area (Å²) in [5, 5.41) is 22.3. The number of para-hydroxylation sites is 1. The van der Waals surface area contributed by atoms with E-state index in [1.807, 2.05) is 61.5 Å². The average Bonchev–Trinajstić information content (AvgIpc) is 3.06. The van der Waals surface area contributed by atoms with Gasteiger partial charge in [-0.1, -0.05) is 53.4 Å². The second-order valence-corrected chi connectivity index (χ2v) is 7.70. The zero-order valence-corrected chi connectivity index (χ0v) is 15.4. The molecule has 1 atom stereocenters. The van der Waals surface area contributed by atoms with Crippen LogP contribution in [-0.2, 0) is 0 Å². The summed E-state index contributed by atoms with van der Waals surface area (Å²) in [6.07, 6.45) is -0.569. The van der Waals surface area contributed by atoms with Crippen molar-refractivity contribution in [2.75, 3.05) is 17.7 Å². The van der Waals surface area contributed by atoms with Gasteiger partial charge in [0.25, 0.3) is 0 Å². The molecule has 0 radical (unpaired) electrons. The maximum absolute atomic E-state index is 10.1. The van der Waals surface area contributed by atoms with Crippen LogP contribution < -0.4 is 10.1 Å². The highest BCUT2D eigenvalue weighted by atomic mass is 32.2. The molecule has 2 N–H and O–H groups in total. The van der Waals surface area contributed by atoms with Crippen LogP contribution in [0.1, 0.15) is 5.56 Å². The van der Waals surface area contributed by atoms with Gasteiger partial charge in [0.1, 0.15) is 12.4 Å². The number of benzene rings is 2. The summed E-state index contributed by atoms with van der Waals surface area (Å²) >= 11 is 2.94. The fraction of sp³-hybridized carbons (Fsp3) is 0.222. The Morgan fingerprint density at radius 2 is 2.00 bits per heavy atom. The van der Waals surface area contributed by atoms with Crippen molar-refractivity contribution in [1.82, 2.24) is 10.2 Å². The van der Waals surface area contributed by atoms with Gasteiger partial charge in [-0.05, 0) is 36.8 Å². The maximum atomic E-state index is 10.1. The summed E-state index contributed by atoms with van der Waals surface area (Å²) in [5.41, 5.74) is 2.11. The molecule has 0 fully saturated rings. The standard InChI is InChI=1S/C18H19N3O2S2/c1-13-6-5-9-16(10-13)23-11-15(22)12-24-18-21-20-17(25-18)19-14-7-3-2-4-8-14/h2-10,15,22H,11-12H2,1H3,(H,19,20)/t15-/m1/s1. The molecule has 0 saturated carbocycles. The van der Waals surface area contributed by atoms with E-state index in [4.69, 9.17) is 4.74 Å². The Labute approximate surface area is 155 Å². The van der Waals surface area contributed by atoms with Gasteiger partial charge in [0.15, 0.2) is 4.34 Å². The Hall–Kier alpha value is -2.09. The van der Waals surface area contributed by atoms with Crippen LogP contribution in [-0.4, -0.2) is 33.8 Å². The second kappa shape index (κ2) is 8.84. The molecule has 0 saturated heterocycles. The number of aliphatic hydroxyl groups is 1. The molecule has 3 aromatic rings. The minimum Gasteiger partial charge on any atom is -0.491 e. The van der Waals surface area contributed by atoms with E-state index in [0.717, 1.165) is 26.5 Å². The number of hydrogen-bond acceptors (Lipinski definition) is 7. The molecular weight excluding hydrogens is 354 g/mol. The van der Waals surface area contributed by atoms with Crippen molar-refractivity contribution in [2.24, 2.45) is 0 Å². The van der Waals surface area contributed by atoms with Gasteiger partial charge in [0.05, 0.1) is 6.10 Å². The van der Waals surface area contributed by atoms with E-state index in [0.29, 0.717) is 5.75 Å². The number of aryl methyl sites for hydroxylation is 1. The van der Waals surface area contributed by atoms with E-state index < -0.39 is 6.10 Å². The lowest BCUT2D eigenvalue weighted by molar-refractivity contribution is 0.126. The third-order valence-corrected chi connectivity index (χ3v) is 5.38. The first-order valence-electron chi connectivity index (χ1n) is 7.85. The minimum atomic E-state index is -0.569. The molecule has 0 aliphatic rings. The summed E-state index contributed by atoms with van der Waals surface area (Å²) < 4.78 is 6.43. The number of aromatic nitrogens is 2. The number of nitrogens with zero attached hydrogens (tertiary/aromatic N) is 2. The molecule has 0 bridgehead atoms. The average molecular weight is 374 g/mol. The van der Waals surface area contributed by atoms with Crippen molar-refractivity contribution in [3.63, 3.8) is 0 Å². The van der Waals surface area contributed by atoms with E-state index in [-0.39, 0.29) is 6.61 Å². The first-order valence-corrected chi connectivity index (χ1v) is 9.65. The predicted molar refractivity (Wildman–Crippen MR) is 103 cm³/mol. The lowest BCUT2D eigenvalue weighted by Crippen LogP contribution is -2.20. The summed E-state index contributed by atoms with van der Waals surface area (Å²) in [5.74, 6) is 1.28. The number of anilines is 2. The van der Waals surface area contributed by atoms with Gasteiger partial charge in [-0.15, -0.1) is 10.2 Å². The minimum absolute atomic E-state index is 0.254. The normalized spacial score (nSPS) is 11.9. The number of aliphatic hydroxyl groups excluding tert-OH is 1. The summed E-state index contributed by atoms with van der Waals surface area (Å²) in [7, 11) is 0. The molecule has 0 spiro atoms. The Bertz CT molecular complexity index is 796. The maximum Gasteiger partial charge on any atom is 0.210 e. The molecule has 0 aliphatic carbocycles. The van der Waals surface area contributed by atoms with Crippen LogP contribution in [0.4, 0.5) is 10.8 Å². The smallest absolute Gasteiger partial charge is 0.210 e. The Morgan fingerprint density at radius 1 is 1.16 bits per heavy atom. The Balaban J connectivity index is 1.44. The van der Waals surface area contributed by atoms with E-state index in [9.17, 15) is 5.11 Å². The molecule has 0 amide bonds. The van der Waals surface area contributed by atoms with Crippen molar-refractivity contribution in [3.8, 4) is 5.75 Å². The van der Waals surface area contributed by atoms with Gasteiger partial charge in [0, 0.05) is 11.4 Å². The number of nitrogens with one attached hydrogen (secondary N) is 1. The van der Waals surface area contributed by atoms with Crippen LogP contribution in [0.2, 0.25) is 0 Å². The fourth-order valence-electron chi connectivity index (χ4n) is 2.08. The Kier molecular flexibility index (Phi) is 6.27. The Morgan fingerprint density at radius 3 is 2.80 bits per heavy atom. The van der Waals surface area contributed by atoms with Gasteiger partial charge in [-0.3, -0.25) is 0 Å². The highest BCUT2D eigenvalue weighted by Gasteiger charge is 2.10. The van der Waals surface area contributed by atoms with E-state index in [2.05, 4.69) is 15.5 Å². The molecule has 25 heavy (non-hydrogen) atoms. The van der Waals surface area contributed by atoms with E-state index in [1.165, 1.54) is 23.1 Å². The quantitative estimate of drug-likeness (QED) is 0.579. The summed E-state index contributed by atoms with van der Waals surface area (Å²) in [4.78, 5) is 0. The zero-order valence-electron chi connectivity index (χ0n) is 13.8. The zero-order chi connectivity index (χ0) is 17.5. The van der Waals surface area contributed by atoms with E-state index >= 15 is 0 Å². The molecular formula is C18H19N3O2S2. The van der Waals surface area contributed by atoms with Crippen molar-refractivity contribution in [3.05, 3.63) is 60.2 Å². The first kappa shape index (κ1) is 17.7. The van der Waals surface area contributed by atoms with Crippen LogP contribution in [0.5, 0.6) is 5.75 Å². The fourth-order valence-corrected chi connectivity index (χ4v) is 3.78. The monoisotopic (exact) mass is 373 g/mol. The molecule has 1 aromatic heterocycles. The van der Waals surface area contributed by atoms with Crippen LogP contribution in [0.15, 0.2) is 58.9 Å². The van der Waals surface area contributed by atoms with Gasteiger partial charge in [-0.2, -0.15) is 0 Å². The lowest BCUT2D eigenvalue weighted by Gasteiger charge is -2.11. The van der Waals surface area contributed by atoms with Gasteiger partial charge in [-0.25, -0.2) is 0 Å². The van der Waals surface area contributed by atoms with Crippen molar-refractivity contribution >= 4 is 33.9 Å². The van der Waals surface area contributed by atoms with Crippen LogP contribution in [0.25, 0.3) is 0 Å². The number of thioether (sulfide) groups is 1. The molecule has 0 unspecified atom stereocenters. The molecule has 2 aromatic carbocycles. The molecule has 0 aliphatic heterocycles. The third kappa shape index (κ3) is 5.74. The topological polar surface area (TPSA) is 67.3 Å². The van der Waals surface area contributed by atoms with Crippen LogP contribution in [0.3, 0.4) is 0 Å². The van der Waals surface area contributed by atoms with Crippen molar-refractivity contribution in [2.45, 2.75) is 17.4 Å². The molecule has 7 heteroatoms. The number of ether oxygens (including phenoxy) is 1. The lowest BCUT2D eigenvalue weighted by atomic mass is 10.2. The van der Waals surface area contributed by atoms with Crippen molar-refractivity contribution in [1.29, 1.82) is 0 Å². The van der Waals surface area contributed by atoms with E-state index in [1.54, 1.807) is 0 Å². The molecule has 130 valence electrons. The second-order valence-electron chi connectivity index (χ2n) is 5.46.